The Balaban J connectivity index is 1.43. The van der Waals surface area contributed by atoms with Gasteiger partial charge in [0.05, 0.1) is 18.5 Å². The molecule has 0 aliphatic heterocycles. The van der Waals surface area contributed by atoms with E-state index in [1.54, 1.807) is 7.11 Å². The molecular weight excluding hydrogens is 560 g/mol. The Morgan fingerprint density at radius 3 is 1.85 bits per heavy atom. The second-order valence-corrected chi connectivity index (χ2v) is 11.3. The van der Waals surface area contributed by atoms with Crippen molar-refractivity contribution in [2.45, 2.75) is 13.8 Å². The van der Waals surface area contributed by atoms with Crippen molar-refractivity contribution in [1.82, 2.24) is 9.97 Å². The molecule has 0 spiro atoms. The van der Waals surface area contributed by atoms with Crippen LogP contribution >= 0.6 is 0 Å². The summed E-state index contributed by atoms with van der Waals surface area (Å²) in [5.41, 5.74) is 11.6. The molecule has 0 bridgehead atoms. The van der Waals surface area contributed by atoms with Gasteiger partial charge in [-0.05, 0) is 58.5 Å². The van der Waals surface area contributed by atoms with E-state index in [1.165, 1.54) is 33.0 Å². The van der Waals surface area contributed by atoms with E-state index < -0.39 is 0 Å². The van der Waals surface area contributed by atoms with Gasteiger partial charge >= 0.3 is 0 Å². The van der Waals surface area contributed by atoms with Gasteiger partial charge in [-0.3, -0.25) is 0 Å². The van der Waals surface area contributed by atoms with E-state index in [0.717, 1.165) is 45.0 Å². The molecule has 3 heteroatoms. The van der Waals surface area contributed by atoms with Gasteiger partial charge in [-0.1, -0.05) is 146 Å². The molecule has 0 radical (unpaired) electrons. The molecule has 222 valence electrons. The lowest BCUT2D eigenvalue weighted by atomic mass is 9.90. The molecule has 0 fully saturated rings. The van der Waals surface area contributed by atoms with Crippen molar-refractivity contribution < 1.29 is 4.74 Å². The highest BCUT2D eigenvalue weighted by molar-refractivity contribution is 5.98. The van der Waals surface area contributed by atoms with Gasteiger partial charge in [0.25, 0.3) is 0 Å². The van der Waals surface area contributed by atoms with Crippen molar-refractivity contribution in [3.63, 3.8) is 0 Å². The molecule has 6 aromatic carbocycles. The molecule has 0 amide bonds. The average Bonchev–Trinajstić information content (AvgIpc) is 3.12. The summed E-state index contributed by atoms with van der Waals surface area (Å²) in [5, 5.41) is 2.47. The number of fused-ring (bicyclic) bond motifs is 1. The Hall–Kier alpha value is -5.80. The molecule has 1 aromatic heterocycles. The van der Waals surface area contributed by atoms with Crippen LogP contribution in [0.4, 0.5) is 0 Å². The highest BCUT2D eigenvalue weighted by atomic mass is 16.5. The molecule has 0 unspecified atom stereocenters. The molecule has 7 rings (SSSR count). The fourth-order valence-corrected chi connectivity index (χ4v) is 6.28. The maximum atomic E-state index is 5.81. The lowest BCUT2D eigenvalue weighted by Crippen LogP contribution is -2.02. The van der Waals surface area contributed by atoms with E-state index in [-0.39, 0.29) is 0 Å². The molecule has 46 heavy (non-hydrogen) atoms. The molecule has 3 nitrogen and oxygen atoms in total. The first-order chi connectivity index (χ1) is 22.6. The van der Waals surface area contributed by atoms with Crippen LogP contribution in [0.25, 0.3) is 72.4 Å². The summed E-state index contributed by atoms with van der Waals surface area (Å²) < 4.78 is 5.81. The number of rotatable bonds is 7. The predicted molar refractivity (Wildman–Crippen MR) is 192 cm³/mol. The maximum Gasteiger partial charge on any atom is 0.126 e. The SMILES string of the molecule is CC=C(OC)c1ccccc1-c1nc(C)nc(-c2ccc(-c3ccccc3)cc2)c1-c1ccc(-c2cccc3ccccc23)cc1. The first-order valence-electron chi connectivity index (χ1n) is 15.6. The van der Waals surface area contributed by atoms with Crippen LogP contribution in [-0.4, -0.2) is 17.1 Å². The molecule has 0 saturated carbocycles. The number of nitrogens with zero attached hydrogens (tertiary/aromatic N) is 2. The minimum absolute atomic E-state index is 0.711. The van der Waals surface area contributed by atoms with Gasteiger partial charge in [-0.15, -0.1) is 0 Å². The fourth-order valence-electron chi connectivity index (χ4n) is 6.28. The quantitative estimate of drug-likeness (QED) is 0.172. The maximum absolute atomic E-state index is 5.81. The van der Waals surface area contributed by atoms with Crippen molar-refractivity contribution in [2.24, 2.45) is 0 Å². The normalized spacial score (nSPS) is 11.5. The molecule has 0 N–H and O–H groups in total. The minimum atomic E-state index is 0.711. The number of aryl methyl sites for hydroxylation is 1. The molecule has 0 aliphatic carbocycles. The first-order valence-corrected chi connectivity index (χ1v) is 15.6. The Morgan fingerprint density at radius 2 is 1.09 bits per heavy atom. The molecule has 0 atom stereocenters. The van der Waals surface area contributed by atoms with E-state index in [2.05, 4.69) is 133 Å². The zero-order chi connectivity index (χ0) is 31.5. The van der Waals surface area contributed by atoms with Gasteiger partial charge in [0.15, 0.2) is 0 Å². The zero-order valence-corrected chi connectivity index (χ0v) is 26.2. The van der Waals surface area contributed by atoms with E-state index in [4.69, 9.17) is 14.7 Å². The Morgan fingerprint density at radius 1 is 0.522 bits per heavy atom. The second kappa shape index (κ2) is 12.7. The monoisotopic (exact) mass is 594 g/mol. The third-order valence-corrected chi connectivity index (χ3v) is 8.49. The van der Waals surface area contributed by atoms with Crippen molar-refractivity contribution >= 4 is 16.5 Å². The van der Waals surface area contributed by atoms with Gasteiger partial charge in [-0.25, -0.2) is 9.97 Å². The third kappa shape index (κ3) is 5.48. The van der Waals surface area contributed by atoms with E-state index in [1.807, 2.05) is 32.1 Å². The summed E-state index contributed by atoms with van der Waals surface area (Å²) in [7, 11) is 1.71. The van der Waals surface area contributed by atoms with E-state index in [9.17, 15) is 0 Å². The molecule has 0 aliphatic rings. The lowest BCUT2D eigenvalue weighted by Gasteiger charge is -2.19. The number of hydrogen-bond acceptors (Lipinski definition) is 3. The van der Waals surface area contributed by atoms with Crippen molar-refractivity contribution in [1.29, 1.82) is 0 Å². The standard InChI is InChI=1S/C43H34N2O/c1-4-40(46-3)38-18-10-11-19-39(38)43-41(34-25-23-33(24-26-34)37-20-12-16-32-15-8-9-17-36(32)37)42(44-29(2)45-43)35-27-21-31(22-28-35)30-13-6-5-7-14-30/h4-28H,1-3H3. The smallest absolute Gasteiger partial charge is 0.126 e. The number of aromatic nitrogens is 2. The summed E-state index contributed by atoms with van der Waals surface area (Å²) in [4.78, 5) is 10.2. The topological polar surface area (TPSA) is 35.0 Å². The number of ether oxygens (including phenoxy) is 1. The highest BCUT2D eigenvalue weighted by Crippen LogP contribution is 2.42. The van der Waals surface area contributed by atoms with E-state index >= 15 is 0 Å². The lowest BCUT2D eigenvalue weighted by molar-refractivity contribution is 0.369. The van der Waals surface area contributed by atoms with Gasteiger partial charge in [0.1, 0.15) is 11.6 Å². The Bertz CT molecular complexity index is 2180. The third-order valence-electron chi connectivity index (χ3n) is 8.49. The van der Waals surface area contributed by atoms with Crippen LogP contribution in [0.2, 0.25) is 0 Å². The van der Waals surface area contributed by atoms with E-state index in [0.29, 0.717) is 5.82 Å². The summed E-state index contributed by atoms with van der Waals surface area (Å²) in [6.07, 6.45) is 1.99. The van der Waals surface area contributed by atoms with Crippen LogP contribution in [-0.2, 0) is 4.74 Å². The largest absolute Gasteiger partial charge is 0.496 e. The summed E-state index contributed by atoms with van der Waals surface area (Å²) in [6, 6.07) is 51.3. The molecular formula is C43H34N2O. The first kappa shape index (κ1) is 28.9. The van der Waals surface area contributed by atoms with Gasteiger partial charge in [0.2, 0.25) is 0 Å². The highest BCUT2D eigenvalue weighted by Gasteiger charge is 2.21. The fraction of sp³-hybridized carbons (Fsp3) is 0.0698. The summed E-state index contributed by atoms with van der Waals surface area (Å²) in [6.45, 7) is 3.96. The van der Waals surface area contributed by atoms with Gasteiger partial charge in [-0.2, -0.15) is 0 Å². The number of benzene rings is 6. The molecule has 0 saturated heterocycles. The zero-order valence-electron chi connectivity index (χ0n) is 26.2. The number of hydrogen-bond donors (Lipinski definition) is 0. The van der Waals surface area contributed by atoms with Crippen LogP contribution in [0.3, 0.4) is 0 Å². The number of allylic oxidation sites excluding steroid dienone is 1. The van der Waals surface area contributed by atoms with Crippen molar-refractivity contribution in [3.05, 3.63) is 163 Å². The second-order valence-electron chi connectivity index (χ2n) is 11.3. The number of methoxy groups -OCH3 is 1. The summed E-state index contributed by atoms with van der Waals surface area (Å²) >= 11 is 0. The van der Waals surface area contributed by atoms with Crippen LogP contribution in [0.15, 0.2) is 152 Å². The van der Waals surface area contributed by atoms with Crippen LogP contribution in [0.5, 0.6) is 0 Å². The van der Waals surface area contributed by atoms with Crippen LogP contribution < -0.4 is 0 Å². The summed E-state index contributed by atoms with van der Waals surface area (Å²) in [5.74, 6) is 1.51. The van der Waals surface area contributed by atoms with Crippen molar-refractivity contribution in [3.8, 4) is 55.9 Å². The Kier molecular flexibility index (Phi) is 7.97. The van der Waals surface area contributed by atoms with Crippen molar-refractivity contribution in [2.75, 3.05) is 7.11 Å². The Labute approximate surface area is 270 Å². The predicted octanol–water partition coefficient (Wildman–Crippen LogP) is 11.3. The average molecular weight is 595 g/mol. The van der Waals surface area contributed by atoms with Crippen LogP contribution in [0, 0.1) is 6.92 Å². The minimum Gasteiger partial charge on any atom is -0.496 e. The molecule has 7 aromatic rings. The van der Waals surface area contributed by atoms with Crippen LogP contribution in [0.1, 0.15) is 18.3 Å². The van der Waals surface area contributed by atoms with Gasteiger partial charge in [0, 0.05) is 22.3 Å². The van der Waals surface area contributed by atoms with Gasteiger partial charge < -0.3 is 4.74 Å². The molecule has 1 heterocycles.